The van der Waals surface area contributed by atoms with E-state index in [0.717, 1.165) is 12.1 Å². The Bertz CT molecular complexity index is 684. The van der Waals surface area contributed by atoms with Crippen molar-refractivity contribution in [1.82, 2.24) is 0 Å². The van der Waals surface area contributed by atoms with Crippen LogP contribution in [0.25, 0.3) is 0 Å². The van der Waals surface area contributed by atoms with E-state index < -0.39 is 0 Å². The molecule has 1 heterocycles. The van der Waals surface area contributed by atoms with Gasteiger partial charge >= 0.3 is 0 Å². The van der Waals surface area contributed by atoms with Crippen LogP contribution in [0.4, 0.5) is 10.1 Å². The number of carbonyl (C=O) groups excluding carboxylic acids is 1. The number of halogens is 1. The Hall–Kier alpha value is -2.36. The zero-order valence-corrected chi connectivity index (χ0v) is 11.8. The van der Waals surface area contributed by atoms with Crippen LogP contribution >= 0.6 is 0 Å². The Morgan fingerprint density at radius 1 is 1.29 bits per heavy atom. The third-order valence-corrected chi connectivity index (χ3v) is 3.77. The fourth-order valence-corrected chi connectivity index (χ4v) is 2.74. The third kappa shape index (κ3) is 2.61. The summed E-state index contributed by atoms with van der Waals surface area (Å²) in [5, 5.41) is 0. The molecule has 2 aromatic rings. The standard InChI is InChI=1S/C17H16FNO2/c1-21-16-7-6-14(18)10-13(16)11-17(20)19-9-8-12-4-2-3-5-15(12)19/h2-7,10H,8-9,11H2,1H3. The van der Waals surface area contributed by atoms with Gasteiger partial charge in [-0.05, 0) is 36.2 Å². The van der Waals surface area contributed by atoms with Crippen LogP contribution in [0.2, 0.25) is 0 Å². The number of nitrogens with zero attached hydrogens (tertiary/aromatic N) is 1. The molecule has 0 aromatic heterocycles. The molecule has 2 aromatic carbocycles. The number of ether oxygens (including phenoxy) is 1. The monoisotopic (exact) mass is 285 g/mol. The highest BCUT2D eigenvalue weighted by Crippen LogP contribution is 2.29. The molecular weight excluding hydrogens is 269 g/mol. The van der Waals surface area contributed by atoms with Crippen molar-refractivity contribution in [2.24, 2.45) is 0 Å². The second-order valence-electron chi connectivity index (χ2n) is 5.06. The largest absolute Gasteiger partial charge is 0.496 e. The summed E-state index contributed by atoms with van der Waals surface area (Å²) in [6.07, 6.45) is 0.997. The second kappa shape index (κ2) is 5.56. The molecular formula is C17H16FNO2. The molecule has 0 saturated heterocycles. The van der Waals surface area contributed by atoms with Crippen molar-refractivity contribution in [2.75, 3.05) is 18.6 Å². The average molecular weight is 285 g/mol. The van der Waals surface area contributed by atoms with E-state index in [2.05, 4.69) is 0 Å². The minimum Gasteiger partial charge on any atom is -0.496 e. The minimum absolute atomic E-state index is 0.0381. The van der Waals surface area contributed by atoms with E-state index in [-0.39, 0.29) is 18.1 Å². The van der Waals surface area contributed by atoms with E-state index in [1.165, 1.54) is 24.8 Å². The third-order valence-electron chi connectivity index (χ3n) is 3.77. The number of amides is 1. The molecule has 0 atom stereocenters. The molecule has 0 spiro atoms. The van der Waals surface area contributed by atoms with Crippen LogP contribution < -0.4 is 9.64 Å². The molecule has 0 aliphatic carbocycles. The van der Waals surface area contributed by atoms with Crippen molar-refractivity contribution in [3.05, 3.63) is 59.4 Å². The van der Waals surface area contributed by atoms with Crippen LogP contribution in [-0.2, 0) is 17.6 Å². The van der Waals surface area contributed by atoms with Crippen molar-refractivity contribution in [3.63, 3.8) is 0 Å². The zero-order chi connectivity index (χ0) is 14.8. The van der Waals surface area contributed by atoms with Gasteiger partial charge in [-0.1, -0.05) is 18.2 Å². The van der Waals surface area contributed by atoms with Crippen LogP contribution in [0.3, 0.4) is 0 Å². The maximum atomic E-state index is 13.4. The molecule has 0 unspecified atom stereocenters. The summed E-state index contributed by atoms with van der Waals surface area (Å²) in [6.45, 7) is 0.676. The van der Waals surface area contributed by atoms with Crippen molar-refractivity contribution in [1.29, 1.82) is 0 Å². The van der Waals surface area contributed by atoms with E-state index in [9.17, 15) is 9.18 Å². The average Bonchev–Trinajstić information content (AvgIpc) is 2.91. The van der Waals surface area contributed by atoms with Gasteiger partial charge in [0.1, 0.15) is 11.6 Å². The fraction of sp³-hybridized carbons (Fsp3) is 0.235. The molecule has 0 N–H and O–H groups in total. The molecule has 0 saturated carbocycles. The number of carbonyl (C=O) groups is 1. The predicted molar refractivity (Wildman–Crippen MR) is 79.2 cm³/mol. The Morgan fingerprint density at radius 3 is 2.90 bits per heavy atom. The van der Waals surface area contributed by atoms with E-state index >= 15 is 0 Å². The summed E-state index contributed by atoms with van der Waals surface area (Å²) in [6, 6.07) is 12.1. The topological polar surface area (TPSA) is 29.5 Å². The van der Waals surface area contributed by atoms with Crippen molar-refractivity contribution in [3.8, 4) is 5.75 Å². The number of benzene rings is 2. The summed E-state index contributed by atoms with van der Waals surface area (Å²) in [4.78, 5) is 14.3. The van der Waals surface area contributed by atoms with Gasteiger partial charge in [0.15, 0.2) is 0 Å². The van der Waals surface area contributed by atoms with Crippen molar-refractivity contribution in [2.45, 2.75) is 12.8 Å². The first-order valence-electron chi connectivity index (χ1n) is 6.89. The molecule has 3 nitrogen and oxygen atoms in total. The number of fused-ring (bicyclic) bond motifs is 1. The van der Waals surface area contributed by atoms with Gasteiger partial charge in [0.2, 0.25) is 5.91 Å². The maximum absolute atomic E-state index is 13.4. The highest BCUT2D eigenvalue weighted by molar-refractivity contribution is 5.97. The Kier molecular flexibility index (Phi) is 3.60. The number of anilines is 1. The van der Waals surface area contributed by atoms with Crippen molar-refractivity contribution < 1.29 is 13.9 Å². The predicted octanol–water partition coefficient (Wildman–Crippen LogP) is 2.97. The summed E-state index contributed by atoms with van der Waals surface area (Å²) < 4.78 is 18.6. The SMILES string of the molecule is COc1ccc(F)cc1CC(=O)N1CCc2ccccc21. The summed E-state index contributed by atoms with van der Waals surface area (Å²) in [7, 11) is 1.52. The van der Waals surface area contributed by atoms with Gasteiger partial charge in [-0.3, -0.25) is 4.79 Å². The van der Waals surface area contributed by atoms with Gasteiger partial charge in [-0.15, -0.1) is 0 Å². The highest BCUT2D eigenvalue weighted by Gasteiger charge is 2.24. The van der Waals surface area contributed by atoms with E-state index in [0.29, 0.717) is 17.9 Å². The lowest BCUT2D eigenvalue weighted by Gasteiger charge is -2.18. The van der Waals surface area contributed by atoms with Gasteiger partial charge < -0.3 is 9.64 Å². The Labute approximate surface area is 123 Å². The molecule has 1 amide bonds. The first kappa shape index (κ1) is 13.6. The summed E-state index contributed by atoms with van der Waals surface area (Å²) in [5.74, 6) is 0.140. The minimum atomic E-state index is -0.361. The van der Waals surface area contributed by atoms with E-state index in [4.69, 9.17) is 4.74 Å². The van der Waals surface area contributed by atoms with E-state index in [1.807, 2.05) is 24.3 Å². The smallest absolute Gasteiger partial charge is 0.231 e. The second-order valence-corrected chi connectivity index (χ2v) is 5.06. The summed E-state index contributed by atoms with van der Waals surface area (Å²) in [5.41, 5.74) is 2.71. The first-order valence-corrected chi connectivity index (χ1v) is 6.89. The molecule has 21 heavy (non-hydrogen) atoms. The Morgan fingerprint density at radius 2 is 2.10 bits per heavy atom. The number of rotatable bonds is 3. The molecule has 1 aliphatic rings. The lowest BCUT2D eigenvalue weighted by molar-refractivity contribution is -0.117. The fourth-order valence-electron chi connectivity index (χ4n) is 2.74. The van der Waals surface area contributed by atoms with Gasteiger partial charge in [0, 0.05) is 17.8 Å². The van der Waals surface area contributed by atoms with Crippen LogP contribution in [0.1, 0.15) is 11.1 Å². The summed E-state index contributed by atoms with van der Waals surface area (Å²) >= 11 is 0. The lowest BCUT2D eigenvalue weighted by atomic mass is 10.1. The maximum Gasteiger partial charge on any atom is 0.231 e. The molecule has 0 fully saturated rings. The molecule has 4 heteroatoms. The molecule has 3 rings (SSSR count). The molecule has 0 bridgehead atoms. The highest BCUT2D eigenvalue weighted by atomic mass is 19.1. The van der Waals surface area contributed by atoms with Crippen LogP contribution in [0, 0.1) is 5.82 Å². The molecule has 1 aliphatic heterocycles. The first-order chi connectivity index (χ1) is 10.2. The van der Waals surface area contributed by atoms with Crippen LogP contribution in [-0.4, -0.2) is 19.6 Å². The number of para-hydroxylation sites is 1. The Balaban J connectivity index is 1.83. The van der Waals surface area contributed by atoms with Crippen LogP contribution in [0.5, 0.6) is 5.75 Å². The van der Waals surface area contributed by atoms with Crippen LogP contribution in [0.15, 0.2) is 42.5 Å². The van der Waals surface area contributed by atoms with E-state index in [1.54, 1.807) is 11.0 Å². The van der Waals surface area contributed by atoms with Gasteiger partial charge in [-0.2, -0.15) is 0 Å². The quantitative estimate of drug-likeness (QED) is 0.867. The number of hydrogen-bond donors (Lipinski definition) is 0. The number of methoxy groups -OCH3 is 1. The lowest BCUT2D eigenvalue weighted by Crippen LogP contribution is -2.30. The molecule has 0 radical (unpaired) electrons. The van der Waals surface area contributed by atoms with Gasteiger partial charge in [0.05, 0.1) is 13.5 Å². The van der Waals surface area contributed by atoms with Gasteiger partial charge in [-0.25, -0.2) is 4.39 Å². The van der Waals surface area contributed by atoms with Gasteiger partial charge in [0.25, 0.3) is 0 Å². The zero-order valence-electron chi connectivity index (χ0n) is 11.8. The normalized spacial score (nSPS) is 13.1. The number of hydrogen-bond acceptors (Lipinski definition) is 2. The molecule has 108 valence electrons. The van der Waals surface area contributed by atoms with Crippen molar-refractivity contribution >= 4 is 11.6 Å².